The smallest absolute Gasteiger partial charge is 0.370 e. The van der Waals surface area contributed by atoms with Gasteiger partial charge in [0.05, 0.1) is 0 Å². The van der Waals surface area contributed by atoms with Gasteiger partial charge in [0.25, 0.3) is 0 Å². The van der Waals surface area contributed by atoms with Crippen molar-refractivity contribution < 1.29 is 30.3 Å². The van der Waals surface area contributed by atoms with Crippen LogP contribution in [-0.2, 0) is 4.79 Å². The van der Waals surface area contributed by atoms with E-state index in [0.717, 1.165) is 25.7 Å². The van der Waals surface area contributed by atoms with Crippen LogP contribution < -0.4 is 0 Å². The van der Waals surface area contributed by atoms with Gasteiger partial charge < -0.3 is 25.5 Å². The molecule has 0 saturated heterocycles. The standard InChI is InChI=1S/C20H34O6/c1-2-3-4-5-6-7-11-16-13-10-14-17(16)12-8-9-15-19(23,24)20(25,26)18(21)22/h7-9,11,16-17,23-26H,2-6,10,12-15H2,1H3,(H,21,22)/t16-,17-/m0/s1. The molecule has 0 aromatic heterocycles. The molecule has 0 spiro atoms. The number of rotatable bonds is 12. The highest BCUT2D eigenvalue weighted by Crippen LogP contribution is 2.35. The zero-order chi connectivity index (χ0) is 19.6. The molecule has 1 aliphatic carbocycles. The summed E-state index contributed by atoms with van der Waals surface area (Å²) >= 11 is 0. The Morgan fingerprint density at radius 1 is 1.04 bits per heavy atom. The van der Waals surface area contributed by atoms with Crippen molar-refractivity contribution in [1.29, 1.82) is 0 Å². The van der Waals surface area contributed by atoms with Gasteiger partial charge in [-0.3, -0.25) is 0 Å². The average molecular weight is 370 g/mol. The molecule has 6 nitrogen and oxygen atoms in total. The highest BCUT2D eigenvalue weighted by Gasteiger charge is 2.53. The quantitative estimate of drug-likeness (QED) is 0.205. The summed E-state index contributed by atoms with van der Waals surface area (Å²) in [4.78, 5) is 10.7. The summed E-state index contributed by atoms with van der Waals surface area (Å²) in [5.41, 5.74) is 0. The summed E-state index contributed by atoms with van der Waals surface area (Å²) in [6.07, 6.45) is 17.5. The Kier molecular flexibility index (Phi) is 9.50. The van der Waals surface area contributed by atoms with Gasteiger partial charge in [-0.2, -0.15) is 0 Å². The van der Waals surface area contributed by atoms with Gasteiger partial charge in [-0.1, -0.05) is 56.9 Å². The lowest BCUT2D eigenvalue weighted by Gasteiger charge is -2.30. The first-order chi connectivity index (χ1) is 12.2. The molecule has 0 aromatic rings. The Balaban J connectivity index is 2.42. The van der Waals surface area contributed by atoms with Crippen molar-refractivity contribution in [2.75, 3.05) is 0 Å². The summed E-state index contributed by atoms with van der Waals surface area (Å²) < 4.78 is 0. The predicted octanol–water partition coefficient (Wildman–Crippen LogP) is 2.71. The molecule has 0 bridgehead atoms. The van der Waals surface area contributed by atoms with E-state index in [1.807, 2.05) is 0 Å². The number of hydrogen-bond donors (Lipinski definition) is 5. The molecule has 6 heteroatoms. The van der Waals surface area contributed by atoms with Gasteiger partial charge in [-0.05, 0) is 43.9 Å². The van der Waals surface area contributed by atoms with Crippen LogP contribution in [0.5, 0.6) is 0 Å². The van der Waals surface area contributed by atoms with E-state index in [2.05, 4.69) is 19.1 Å². The van der Waals surface area contributed by atoms with Crippen LogP contribution in [0.4, 0.5) is 0 Å². The first-order valence-corrected chi connectivity index (χ1v) is 9.67. The van der Waals surface area contributed by atoms with Crippen LogP contribution in [0.25, 0.3) is 0 Å². The predicted molar refractivity (Wildman–Crippen MR) is 99.1 cm³/mol. The molecule has 26 heavy (non-hydrogen) atoms. The van der Waals surface area contributed by atoms with E-state index in [1.54, 1.807) is 6.08 Å². The zero-order valence-corrected chi connectivity index (χ0v) is 15.7. The fourth-order valence-electron chi connectivity index (χ4n) is 3.40. The number of hydrogen-bond acceptors (Lipinski definition) is 5. The van der Waals surface area contributed by atoms with Crippen LogP contribution >= 0.6 is 0 Å². The maximum absolute atomic E-state index is 10.7. The van der Waals surface area contributed by atoms with Crippen LogP contribution in [0, 0.1) is 11.8 Å². The summed E-state index contributed by atoms with van der Waals surface area (Å²) in [6.45, 7) is 2.20. The summed E-state index contributed by atoms with van der Waals surface area (Å²) in [7, 11) is 0. The van der Waals surface area contributed by atoms with Crippen molar-refractivity contribution in [3.05, 3.63) is 24.3 Å². The highest BCUT2D eigenvalue weighted by atomic mass is 16.6. The molecule has 1 rings (SSSR count). The number of carbonyl (C=O) groups is 1. The van der Waals surface area contributed by atoms with E-state index in [9.17, 15) is 25.2 Å². The van der Waals surface area contributed by atoms with Gasteiger partial charge in [0, 0.05) is 6.42 Å². The molecule has 1 aliphatic rings. The summed E-state index contributed by atoms with van der Waals surface area (Å²) in [5.74, 6) is -7.84. The van der Waals surface area contributed by atoms with Crippen molar-refractivity contribution in [2.24, 2.45) is 11.8 Å². The van der Waals surface area contributed by atoms with Crippen molar-refractivity contribution in [3.63, 3.8) is 0 Å². The lowest BCUT2D eigenvalue weighted by atomic mass is 9.91. The minimum Gasteiger partial charge on any atom is -0.477 e. The Morgan fingerprint density at radius 3 is 2.42 bits per heavy atom. The topological polar surface area (TPSA) is 118 Å². The van der Waals surface area contributed by atoms with Crippen LogP contribution in [0.3, 0.4) is 0 Å². The van der Waals surface area contributed by atoms with E-state index in [-0.39, 0.29) is 0 Å². The Bertz CT molecular complexity index is 481. The monoisotopic (exact) mass is 370 g/mol. The second-order valence-electron chi connectivity index (χ2n) is 7.34. The van der Waals surface area contributed by atoms with Gasteiger partial charge in [-0.15, -0.1) is 0 Å². The van der Waals surface area contributed by atoms with Gasteiger partial charge in [0.1, 0.15) is 0 Å². The van der Waals surface area contributed by atoms with E-state index in [4.69, 9.17) is 5.11 Å². The van der Waals surface area contributed by atoms with E-state index in [1.165, 1.54) is 38.2 Å². The van der Waals surface area contributed by atoms with Crippen molar-refractivity contribution in [3.8, 4) is 0 Å². The Labute approximate surface area is 155 Å². The number of carboxylic acid groups (broad SMARTS) is 1. The summed E-state index contributed by atoms with van der Waals surface area (Å²) in [6, 6.07) is 0. The van der Waals surface area contributed by atoms with Gasteiger partial charge in [-0.25, -0.2) is 4.79 Å². The van der Waals surface area contributed by atoms with E-state index >= 15 is 0 Å². The molecular formula is C20H34O6. The molecule has 0 heterocycles. The number of carboxylic acids is 1. The molecule has 150 valence electrons. The lowest BCUT2D eigenvalue weighted by molar-refractivity contribution is -0.342. The highest BCUT2D eigenvalue weighted by molar-refractivity contribution is 5.76. The number of aliphatic carboxylic acids is 1. The molecule has 0 amide bonds. The Morgan fingerprint density at radius 2 is 1.77 bits per heavy atom. The third-order valence-corrected chi connectivity index (χ3v) is 5.19. The Hall–Kier alpha value is -1.21. The van der Waals surface area contributed by atoms with Gasteiger partial charge in [0.2, 0.25) is 5.79 Å². The second-order valence-corrected chi connectivity index (χ2v) is 7.34. The largest absolute Gasteiger partial charge is 0.477 e. The number of allylic oxidation sites excluding steroid dienone is 3. The fourth-order valence-corrected chi connectivity index (χ4v) is 3.40. The molecule has 0 aliphatic heterocycles. The minimum atomic E-state index is -3.60. The van der Waals surface area contributed by atoms with E-state index < -0.39 is 24.0 Å². The minimum absolute atomic E-state index is 0.484. The fraction of sp³-hybridized carbons (Fsp3) is 0.750. The molecule has 5 N–H and O–H groups in total. The molecule has 2 atom stereocenters. The molecule has 0 radical (unpaired) electrons. The van der Waals surface area contributed by atoms with Gasteiger partial charge in [0.15, 0.2) is 0 Å². The van der Waals surface area contributed by atoms with Crippen LogP contribution in [-0.4, -0.2) is 43.1 Å². The zero-order valence-electron chi connectivity index (χ0n) is 15.7. The summed E-state index contributed by atoms with van der Waals surface area (Å²) in [5, 5.41) is 46.3. The molecular weight excluding hydrogens is 336 g/mol. The molecule has 1 fully saturated rings. The van der Waals surface area contributed by atoms with Crippen molar-refractivity contribution in [1.82, 2.24) is 0 Å². The van der Waals surface area contributed by atoms with Crippen LogP contribution in [0.2, 0.25) is 0 Å². The molecule has 0 unspecified atom stereocenters. The molecule has 1 saturated carbocycles. The van der Waals surface area contributed by atoms with Crippen molar-refractivity contribution >= 4 is 5.97 Å². The lowest BCUT2D eigenvalue weighted by Crippen LogP contribution is -2.59. The van der Waals surface area contributed by atoms with Crippen LogP contribution in [0.1, 0.15) is 71.1 Å². The number of aliphatic hydroxyl groups is 4. The van der Waals surface area contributed by atoms with E-state index in [0.29, 0.717) is 11.8 Å². The first kappa shape index (κ1) is 22.8. The normalized spacial score (nSPS) is 21.9. The average Bonchev–Trinajstić information content (AvgIpc) is 3.02. The second kappa shape index (κ2) is 10.8. The van der Waals surface area contributed by atoms with Gasteiger partial charge >= 0.3 is 11.8 Å². The third kappa shape index (κ3) is 6.83. The van der Waals surface area contributed by atoms with Crippen LogP contribution in [0.15, 0.2) is 24.3 Å². The van der Waals surface area contributed by atoms with Crippen molar-refractivity contribution in [2.45, 2.75) is 82.7 Å². The molecule has 0 aromatic carbocycles. The first-order valence-electron chi connectivity index (χ1n) is 9.67. The number of unbranched alkanes of at least 4 members (excludes halogenated alkanes) is 4. The SMILES string of the molecule is CCCCCCC=C[C@H]1CCC[C@@H]1CC=CCC(O)(O)C(O)(O)C(=O)O. The third-order valence-electron chi connectivity index (χ3n) is 5.19. The maximum Gasteiger partial charge on any atom is 0.370 e. The maximum atomic E-state index is 10.7.